The van der Waals surface area contributed by atoms with Crippen molar-refractivity contribution in [1.82, 2.24) is 5.32 Å². The second-order valence-corrected chi connectivity index (χ2v) is 5.67. The number of anilines is 1. The predicted molar refractivity (Wildman–Crippen MR) is 97.1 cm³/mol. The van der Waals surface area contributed by atoms with E-state index < -0.39 is 0 Å². The minimum Gasteiger partial charge on any atom is -0.454 e. The molecule has 0 fully saturated rings. The molecule has 0 aliphatic carbocycles. The molecule has 0 saturated heterocycles. The minimum atomic E-state index is -0.324. The molecule has 2 aromatic carbocycles. The van der Waals surface area contributed by atoms with Gasteiger partial charge in [0.1, 0.15) is 0 Å². The van der Waals surface area contributed by atoms with Gasteiger partial charge in [-0.05, 0) is 36.2 Å². The summed E-state index contributed by atoms with van der Waals surface area (Å²) in [4.78, 5) is 24.4. The van der Waals surface area contributed by atoms with E-state index in [1.165, 1.54) is 0 Å². The van der Waals surface area contributed by atoms with Crippen LogP contribution >= 0.6 is 0 Å². The number of hydrogen-bond acceptors (Lipinski definition) is 4. The number of fused-ring (bicyclic) bond motifs is 1. The van der Waals surface area contributed by atoms with Gasteiger partial charge in [0.2, 0.25) is 12.7 Å². The number of aryl methyl sites for hydroxylation is 1. The first-order valence-electron chi connectivity index (χ1n) is 8.16. The molecule has 1 aliphatic rings. The van der Waals surface area contributed by atoms with Gasteiger partial charge in [-0.1, -0.05) is 24.1 Å². The summed E-state index contributed by atoms with van der Waals surface area (Å²) in [5.41, 5.74) is 1.81. The Bertz CT molecular complexity index is 870. The number of ether oxygens (including phenoxy) is 2. The van der Waals surface area contributed by atoms with E-state index in [9.17, 15) is 9.59 Å². The summed E-state index contributed by atoms with van der Waals surface area (Å²) in [6.07, 6.45) is 5.98. The molecule has 2 aromatic rings. The van der Waals surface area contributed by atoms with Crippen LogP contribution in [0.4, 0.5) is 5.69 Å². The summed E-state index contributed by atoms with van der Waals surface area (Å²) in [6.45, 7) is 0.350. The maximum Gasteiger partial charge on any atom is 0.254 e. The lowest BCUT2D eigenvalue weighted by atomic mass is 10.1. The average Bonchev–Trinajstić information content (AvgIpc) is 3.12. The summed E-state index contributed by atoms with van der Waals surface area (Å²) < 4.78 is 10.6. The normalized spacial score (nSPS) is 11.5. The molecule has 132 valence electrons. The molecule has 3 rings (SSSR count). The number of nitrogens with one attached hydrogen (secondary N) is 2. The number of para-hydroxylation sites is 1. The van der Waals surface area contributed by atoms with Crippen molar-refractivity contribution in [2.75, 3.05) is 18.7 Å². The maximum atomic E-state index is 12.3. The van der Waals surface area contributed by atoms with E-state index in [0.717, 1.165) is 5.56 Å². The zero-order chi connectivity index (χ0) is 18.4. The van der Waals surface area contributed by atoms with Gasteiger partial charge in [0.15, 0.2) is 11.5 Å². The predicted octanol–water partition coefficient (Wildman–Crippen LogP) is 2.35. The van der Waals surface area contributed by atoms with Gasteiger partial charge in [0, 0.05) is 6.42 Å². The van der Waals surface area contributed by atoms with Crippen LogP contribution in [0.2, 0.25) is 0 Å². The molecule has 0 spiro atoms. The van der Waals surface area contributed by atoms with E-state index in [1.807, 2.05) is 18.2 Å². The van der Waals surface area contributed by atoms with Gasteiger partial charge in [-0.3, -0.25) is 9.59 Å². The Hall–Kier alpha value is -3.46. The van der Waals surface area contributed by atoms with Crippen molar-refractivity contribution in [2.24, 2.45) is 0 Å². The maximum absolute atomic E-state index is 12.3. The number of rotatable bonds is 6. The molecule has 6 heteroatoms. The van der Waals surface area contributed by atoms with Crippen molar-refractivity contribution < 1.29 is 19.1 Å². The van der Waals surface area contributed by atoms with Gasteiger partial charge in [-0.2, -0.15) is 0 Å². The Morgan fingerprint density at radius 3 is 2.77 bits per heavy atom. The molecular weight excluding hydrogens is 332 g/mol. The lowest BCUT2D eigenvalue weighted by Gasteiger charge is -2.10. The quantitative estimate of drug-likeness (QED) is 0.784. The van der Waals surface area contributed by atoms with Crippen LogP contribution < -0.4 is 20.1 Å². The van der Waals surface area contributed by atoms with Crippen LogP contribution in [-0.2, 0) is 11.2 Å². The van der Waals surface area contributed by atoms with E-state index in [-0.39, 0.29) is 31.6 Å². The summed E-state index contributed by atoms with van der Waals surface area (Å²) in [5, 5.41) is 5.37. The fourth-order valence-electron chi connectivity index (χ4n) is 2.58. The Kier molecular flexibility index (Phi) is 5.40. The number of carbonyl (C=O) groups is 2. The highest BCUT2D eigenvalue weighted by atomic mass is 16.7. The van der Waals surface area contributed by atoms with Crippen molar-refractivity contribution in [2.45, 2.75) is 12.8 Å². The molecule has 26 heavy (non-hydrogen) atoms. The topological polar surface area (TPSA) is 76.7 Å². The second kappa shape index (κ2) is 8.08. The first-order chi connectivity index (χ1) is 12.7. The molecule has 6 nitrogen and oxygen atoms in total. The Morgan fingerprint density at radius 1 is 1.12 bits per heavy atom. The van der Waals surface area contributed by atoms with Crippen molar-refractivity contribution in [1.29, 1.82) is 0 Å². The number of carbonyl (C=O) groups excluding carboxylic acids is 2. The minimum absolute atomic E-state index is 0.130. The summed E-state index contributed by atoms with van der Waals surface area (Å²) in [7, 11) is 0. The lowest BCUT2D eigenvalue weighted by molar-refractivity contribution is -0.116. The Labute approximate surface area is 151 Å². The molecule has 0 atom stereocenters. The molecule has 1 aliphatic heterocycles. The Balaban J connectivity index is 1.60. The highest BCUT2D eigenvalue weighted by Crippen LogP contribution is 2.32. The van der Waals surface area contributed by atoms with Crippen LogP contribution in [0.5, 0.6) is 11.5 Å². The molecule has 2 amide bonds. The molecule has 0 saturated carbocycles. The van der Waals surface area contributed by atoms with Gasteiger partial charge in [-0.25, -0.2) is 0 Å². The summed E-state index contributed by atoms with van der Waals surface area (Å²) >= 11 is 0. The third-order valence-corrected chi connectivity index (χ3v) is 3.87. The monoisotopic (exact) mass is 350 g/mol. The van der Waals surface area contributed by atoms with E-state index in [4.69, 9.17) is 15.9 Å². The number of benzene rings is 2. The zero-order valence-corrected chi connectivity index (χ0v) is 14.1. The van der Waals surface area contributed by atoms with Gasteiger partial charge in [-0.15, -0.1) is 6.42 Å². The van der Waals surface area contributed by atoms with Gasteiger partial charge < -0.3 is 20.1 Å². The number of amides is 2. The van der Waals surface area contributed by atoms with Crippen LogP contribution in [-0.4, -0.2) is 25.2 Å². The number of terminal acetylenes is 1. The molecule has 0 bridgehead atoms. The summed E-state index contributed by atoms with van der Waals surface area (Å²) in [5.74, 6) is 3.25. The smallest absolute Gasteiger partial charge is 0.254 e. The zero-order valence-electron chi connectivity index (χ0n) is 14.1. The van der Waals surface area contributed by atoms with Crippen molar-refractivity contribution >= 4 is 17.5 Å². The van der Waals surface area contributed by atoms with Crippen molar-refractivity contribution in [3.8, 4) is 23.8 Å². The first-order valence-corrected chi connectivity index (χ1v) is 8.16. The molecule has 0 radical (unpaired) electrons. The van der Waals surface area contributed by atoms with E-state index in [2.05, 4.69) is 16.6 Å². The molecule has 0 unspecified atom stereocenters. The Morgan fingerprint density at radius 2 is 1.92 bits per heavy atom. The first kappa shape index (κ1) is 17.4. The third-order valence-electron chi connectivity index (χ3n) is 3.87. The van der Waals surface area contributed by atoms with Crippen molar-refractivity contribution in [3.05, 3.63) is 53.6 Å². The van der Waals surface area contributed by atoms with Crippen LogP contribution in [0.15, 0.2) is 42.5 Å². The van der Waals surface area contributed by atoms with Crippen molar-refractivity contribution in [3.63, 3.8) is 0 Å². The number of hydrogen-bond donors (Lipinski definition) is 2. The SMILES string of the molecule is C#CCNC(=O)c1ccccc1NC(=O)CCc1ccc2c(c1)OCO2. The largest absolute Gasteiger partial charge is 0.454 e. The van der Waals surface area contributed by atoms with Crippen LogP contribution in [0, 0.1) is 12.3 Å². The second-order valence-electron chi connectivity index (χ2n) is 5.67. The van der Waals surface area contributed by atoms with Crippen LogP contribution in [0.25, 0.3) is 0 Å². The van der Waals surface area contributed by atoms with E-state index >= 15 is 0 Å². The van der Waals surface area contributed by atoms with Crippen LogP contribution in [0.1, 0.15) is 22.3 Å². The molecule has 2 N–H and O–H groups in total. The highest BCUT2D eigenvalue weighted by Gasteiger charge is 2.15. The van der Waals surface area contributed by atoms with Gasteiger partial charge >= 0.3 is 0 Å². The fraction of sp³-hybridized carbons (Fsp3) is 0.200. The highest BCUT2D eigenvalue weighted by molar-refractivity contribution is 6.03. The van der Waals surface area contributed by atoms with Gasteiger partial charge in [0.05, 0.1) is 17.8 Å². The van der Waals surface area contributed by atoms with E-state index in [0.29, 0.717) is 29.2 Å². The lowest BCUT2D eigenvalue weighted by Crippen LogP contribution is -2.25. The van der Waals surface area contributed by atoms with Crippen LogP contribution in [0.3, 0.4) is 0 Å². The molecule has 1 heterocycles. The average molecular weight is 350 g/mol. The summed E-state index contributed by atoms with van der Waals surface area (Å²) in [6, 6.07) is 12.4. The third kappa shape index (κ3) is 4.14. The van der Waals surface area contributed by atoms with E-state index in [1.54, 1.807) is 24.3 Å². The molecule has 0 aromatic heterocycles. The fourth-order valence-corrected chi connectivity index (χ4v) is 2.58. The molecular formula is C20H18N2O4. The van der Waals surface area contributed by atoms with Gasteiger partial charge in [0.25, 0.3) is 5.91 Å². The standard InChI is InChI=1S/C20H18N2O4/c1-2-11-21-20(24)15-5-3-4-6-16(15)22-19(23)10-8-14-7-9-17-18(12-14)26-13-25-17/h1,3-7,9,12H,8,10-11,13H2,(H,21,24)(H,22,23).